The van der Waals surface area contributed by atoms with Gasteiger partial charge in [0.25, 0.3) is 0 Å². The Morgan fingerprint density at radius 1 is 0.244 bits per heavy atom. The number of rotatable bonds is 13. The van der Waals surface area contributed by atoms with E-state index in [9.17, 15) is 0 Å². The molecule has 0 unspecified atom stereocenters. The van der Waals surface area contributed by atoms with Gasteiger partial charge in [-0.25, -0.2) is 0 Å². The lowest BCUT2D eigenvalue weighted by molar-refractivity contribution is 0.490. The van der Waals surface area contributed by atoms with Gasteiger partial charge >= 0.3 is 0 Å². The van der Waals surface area contributed by atoms with E-state index in [1.807, 2.05) is 0 Å². The molecule has 0 amide bonds. The normalized spacial score (nSPS) is 13.4. The topological polar surface area (TPSA) is 6.48 Å². The second-order valence-corrected chi connectivity index (χ2v) is 23.0. The molecule has 2 aliphatic carbocycles. The van der Waals surface area contributed by atoms with E-state index in [0.29, 0.717) is 0 Å². The van der Waals surface area contributed by atoms with E-state index in [-0.39, 0.29) is 10.8 Å². The summed E-state index contributed by atoms with van der Waals surface area (Å²) in [4.78, 5) is 4.93. The molecule has 0 fully saturated rings. The van der Waals surface area contributed by atoms with E-state index in [4.69, 9.17) is 0 Å². The van der Waals surface area contributed by atoms with Gasteiger partial charge in [-0.3, -0.25) is 0 Å². The van der Waals surface area contributed by atoms with Crippen molar-refractivity contribution in [1.82, 2.24) is 0 Å². The van der Waals surface area contributed by atoms with Gasteiger partial charge in [-0.2, -0.15) is 0 Å². The maximum atomic E-state index is 2.49. The molecule has 0 saturated heterocycles. The van der Waals surface area contributed by atoms with E-state index in [1.165, 1.54) is 122 Å². The average Bonchev–Trinajstić information content (AvgIpc) is 3.47. The fourth-order valence-electron chi connectivity index (χ4n) is 14.7. The van der Waals surface area contributed by atoms with Gasteiger partial charge in [-0.15, -0.1) is 0 Å². The monoisotopic (exact) mass is 1060 g/mol. The molecule has 12 aromatic carbocycles. The Hall–Kier alpha value is -9.24. The molecule has 14 rings (SSSR count). The third-order valence-electron chi connectivity index (χ3n) is 19.0. The second kappa shape index (κ2) is 20.4. The molecule has 2 aliphatic rings. The molecular formula is C80H68N2. The molecule has 0 N–H and O–H groups in total. The summed E-state index contributed by atoms with van der Waals surface area (Å²) in [5.41, 5.74) is 27.8. The van der Waals surface area contributed by atoms with Crippen molar-refractivity contribution in [3.63, 3.8) is 0 Å². The Bertz CT molecular complexity index is 4170. The van der Waals surface area contributed by atoms with Crippen LogP contribution in [0.1, 0.15) is 86.8 Å². The largest absolute Gasteiger partial charge is 0.310 e. The van der Waals surface area contributed by atoms with Gasteiger partial charge in [-0.1, -0.05) is 210 Å². The van der Waals surface area contributed by atoms with Crippen molar-refractivity contribution in [1.29, 1.82) is 0 Å². The fourth-order valence-corrected chi connectivity index (χ4v) is 14.7. The third kappa shape index (κ3) is 8.21. The Morgan fingerprint density at radius 2 is 0.573 bits per heavy atom. The SMILES string of the molecule is CCC1(CC)c2ccccc2-c2ccc(N(c3cccc(-c4ccc(-c5ccc(-c6cccc(N(c7ccc8c(c7)C(CC)(CC)c7ccccc7-8)c7ccc8ccccc8c7)c6)cc5C)c(C)c4)c3)c3ccc4ccccc4c3)cc21. The van der Waals surface area contributed by atoms with Crippen LogP contribution in [0.2, 0.25) is 0 Å². The summed E-state index contributed by atoms with van der Waals surface area (Å²) in [5, 5.41) is 4.93. The van der Waals surface area contributed by atoms with Crippen molar-refractivity contribution >= 4 is 55.7 Å². The first-order valence-corrected chi connectivity index (χ1v) is 29.7. The zero-order valence-corrected chi connectivity index (χ0v) is 48.0. The zero-order chi connectivity index (χ0) is 55.7. The highest BCUT2D eigenvalue weighted by atomic mass is 15.1. The Labute approximate surface area is 484 Å². The van der Waals surface area contributed by atoms with Crippen molar-refractivity contribution in [2.45, 2.75) is 78.1 Å². The molecule has 0 bridgehead atoms. The molecule has 0 atom stereocenters. The van der Waals surface area contributed by atoms with Crippen LogP contribution in [0.15, 0.2) is 255 Å². The van der Waals surface area contributed by atoms with Crippen molar-refractivity contribution in [3.05, 3.63) is 288 Å². The molecule has 82 heavy (non-hydrogen) atoms. The molecule has 0 aliphatic heterocycles. The maximum Gasteiger partial charge on any atom is 0.0468 e. The minimum absolute atomic E-state index is 0.0300. The second-order valence-electron chi connectivity index (χ2n) is 23.0. The number of hydrogen-bond donors (Lipinski definition) is 0. The van der Waals surface area contributed by atoms with Crippen LogP contribution in [-0.2, 0) is 10.8 Å². The van der Waals surface area contributed by atoms with Gasteiger partial charge in [-0.05, 0) is 223 Å². The number of nitrogens with zero attached hydrogens (tertiary/aromatic N) is 2. The molecule has 0 heterocycles. The van der Waals surface area contributed by atoms with Crippen molar-refractivity contribution < 1.29 is 0 Å². The lowest BCUT2D eigenvalue weighted by Gasteiger charge is -2.32. The summed E-state index contributed by atoms with van der Waals surface area (Å²) in [7, 11) is 0. The van der Waals surface area contributed by atoms with Gasteiger partial charge in [0.2, 0.25) is 0 Å². The first-order chi connectivity index (χ1) is 40.2. The fraction of sp³-hybridized carbons (Fsp3) is 0.150. The van der Waals surface area contributed by atoms with Crippen LogP contribution in [0, 0.1) is 13.8 Å². The molecule has 2 nitrogen and oxygen atoms in total. The molecule has 0 radical (unpaired) electrons. The minimum Gasteiger partial charge on any atom is -0.310 e. The number of hydrogen-bond acceptors (Lipinski definition) is 2. The van der Waals surface area contributed by atoms with Crippen LogP contribution < -0.4 is 9.80 Å². The summed E-state index contributed by atoms with van der Waals surface area (Å²) < 4.78 is 0. The predicted molar refractivity (Wildman–Crippen MR) is 350 cm³/mol. The van der Waals surface area contributed by atoms with Crippen LogP contribution in [0.4, 0.5) is 34.1 Å². The molecular weight excluding hydrogens is 989 g/mol. The molecule has 12 aromatic rings. The highest BCUT2D eigenvalue weighted by Crippen LogP contribution is 2.56. The van der Waals surface area contributed by atoms with E-state index in [1.54, 1.807) is 0 Å². The predicted octanol–water partition coefficient (Wildman–Crippen LogP) is 22.7. The molecule has 398 valence electrons. The lowest BCUT2D eigenvalue weighted by Crippen LogP contribution is -2.23. The van der Waals surface area contributed by atoms with Gasteiger partial charge in [0.05, 0.1) is 0 Å². The Balaban J connectivity index is 0.798. The average molecular weight is 1060 g/mol. The smallest absolute Gasteiger partial charge is 0.0468 e. The first-order valence-electron chi connectivity index (χ1n) is 29.7. The highest BCUT2D eigenvalue weighted by molar-refractivity contribution is 5.94. The van der Waals surface area contributed by atoms with Crippen LogP contribution in [-0.4, -0.2) is 0 Å². The number of fused-ring (bicyclic) bond motifs is 8. The quantitative estimate of drug-likeness (QED) is 0.114. The summed E-state index contributed by atoms with van der Waals surface area (Å²) in [6.07, 6.45) is 4.20. The molecule has 0 aromatic heterocycles. The van der Waals surface area contributed by atoms with Crippen molar-refractivity contribution in [2.75, 3.05) is 9.80 Å². The molecule has 0 spiro atoms. The lowest BCUT2D eigenvalue weighted by atomic mass is 9.74. The van der Waals surface area contributed by atoms with E-state index >= 15 is 0 Å². The Kier molecular flexibility index (Phi) is 12.7. The Morgan fingerprint density at radius 3 is 0.988 bits per heavy atom. The number of benzene rings is 12. The van der Waals surface area contributed by atoms with Gasteiger partial charge in [0, 0.05) is 45.0 Å². The molecule has 2 heteroatoms. The first kappa shape index (κ1) is 50.9. The summed E-state index contributed by atoms with van der Waals surface area (Å²) in [5.74, 6) is 0. The highest BCUT2D eigenvalue weighted by Gasteiger charge is 2.42. The van der Waals surface area contributed by atoms with E-state index in [2.05, 4.69) is 306 Å². The summed E-state index contributed by atoms with van der Waals surface area (Å²) in [6.45, 7) is 14.0. The standard InChI is InChI=1S/C80H68N2/c1-7-79(8-2)75-31-17-15-29-71(75)73-43-39-67(51-77(73)79)81(65-37-33-55-21-11-13-23-57(55)47-65)63-27-19-25-59(49-63)61-35-41-69(53(5)45-61)70-42-36-62(46-54(70)6)60-26-20-28-64(50-60)82(66-38-34-56-22-12-14-24-58(56)48-66)68-40-44-74-72-30-16-18-32-76(72)80(9-3,10-4)78(74)52-68/h11-52H,7-10H2,1-6H3. The third-order valence-corrected chi connectivity index (χ3v) is 19.0. The van der Waals surface area contributed by atoms with Crippen molar-refractivity contribution in [3.8, 4) is 55.6 Å². The van der Waals surface area contributed by atoms with Crippen molar-refractivity contribution in [2.24, 2.45) is 0 Å². The van der Waals surface area contributed by atoms with E-state index < -0.39 is 0 Å². The van der Waals surface area contributed by atoms with E-state index in [0.717, 1.165) is 48.4 Å². The summed E-state index contributed by atoms with van der Waals surface area (Å²) >= 11 is 0. The van der Waals surface area contributed by atoms with Crippen LogP contribution in [0.3, 0.4) is 0 Å². The summed E-state index contributed by atoms with van der Waals surface area (Å²) in [6, 6.07) is 96.0. The van der Waals surface area contributed by atoms with Gasteiger partial charge in [0.15, 0.2) is 0 Å². The van der Waals surface area contributed by atoms with Crippen LogP contribution in [0.5, 0.6) is 0 Å². The van der Waals surface area contributed by atoms with Gasteiger partial charge < -0.3 is 9.80 Å². The molecule has 0 saturated carbocycles. The van der Waals surface area contributed by atoms with Crippen LogP contribution in [0.25, 0.3) is 77.2 Å². The van der Waals surface area contributed by atoms with Gasteiger partial charge in [0.1, 0.15) is 0 Å². The zero-order valence-electron chi connectivity index (χ0n) is 48.0. The number of anilines is 6. The number of aryl methyl sites for hydroxylation is 2. The van der Waals surface area contributed by atoms with Crippen LogP contribution >= 0.6 is 0 Å². The minimum atomic E-state index is -0.0300. The maximum absolute atomic E-state index is 2.49.